The molecule has 0 spiro atoms. The van der Waals surface area contributed by atoms with Gasteiger partial charge in [0.25, 0.3) is 11.6 Å². The van der Waals surface area contributed by atoms with Crippen molar-refractivity contribution in [3.05, 3.63) is 39.7 Å². The summed E-state index contributed by atoms with van der Waals surface area (Å²) in [6.07, 6.45) is 0.594. The minimum absolute atomic E-state index is 0.194. The molecule has 19 heavy (non-hydrogen) atoms. The summed E-state index contributed by atoms with van der Waals surface area (Å²) in [5.74, 6) is -1.45. The molecule has 7 heteroatoms. The molecule has 0 fully saturated rings. The normalized spacial score (nSPS) is 9.74. The predicted molar refractivity (Wildman–Crippen MR) is 64.9 cm³/mol. The summed E-state index contributed by atoms with van der Waals surface area (Å²) in [5, 5.41) is 19.5. The molecule has 1 rings (SSSR count). The van der Waals surface area contributed by atoms with E-state index in [0.717, 1.165) is 23.1 Å². The second-order valence-electron chi connectivity index (χ2n) is 3.80. The fourth-order valence-corrected chi connectivity index (χ4v) is 1.62. The van der Waals surface area contributed by atoms with Gasteiger partial charge in [0, 0.05) is 12.6 Å². The van der Waals surface area contributed by atoms with Crippen LogP contribution >= 0.6 is 0 Å². The molecule has 0 saturated carbocycles. The third kappa shape index (κ3) is 3.48. The molecule has 0 aliphatic heterocycles. The second-order valence-corrected chi connectivity index (χ2v) is 3.80. The Balaban J connectivity index is 3.19. The standard InChI is InChI=1S/C12H12FN3O3/c1-2-6-15(7-5-14)12(17)10-8-9(13)3-4-11(10)16(18)19/h3-4,8H,2,6-7H2,1H3. The largest absolute Gasteiger partial charge is 0.325 e. The van der Waals surface area contributed by atoms with Crippen LogP contribution in [-0.4, -0.2) is 28.8 Å². The number of nitro groups is 1. The average Bonchev–Trinajstić information content (AvgIpc) is 2.37. The SMILES string of the molecule is CCCN(CC#N)C(=O)c1cc(F)ccc1[N+](=O)[O-]. The van der Waals surface area contributed by atoms with Crippen LogP contribution in [0.3, 0.4) is 0 Å². The Morgan fingerprint density at radius 2 is 2.26 bits per heavy atom. The molecular weight excluding hydrogens is 253 g/mol. The van der Waals surface area contributed by atoms with Crippen LogP contribution in [0.2, 0.25) is 0 Å². The lowest BCUT2D eigenvalue weighted by Crippen LogP contribution is -2.32. The van der Waals surface area contributed by atoms with Gasteiger partial charge in [-0.05, 0) is 18.6 Å². The van der Waals surface area contributed by atoms with Gasteiger partial charge in [0.1, 0.15) is 17.9 Å². The van der Waals surface area contributed by atoms with Gasteiger partial charge in [0.15, 0.2) is 0 Å². The van der Waals surface area contributed by atoms with Crippen molar-refractivity contribution in [2.75, 3.05) is 13.1 Å². The van der Waals surface area contributed by atoms with E-state index in [1.807, 2.05) is 6.07 Å². The van der Waals surface area contributed by atoms with Crippen LogP contribution in [0.25, 0.3) is 0 Å². The van der Waals surface area contributed by atoms with E-state index in [1.165, 1.54) is 0 Å². The van der Waals surface area contributed by atoms with Gasteiger partial charge >= 0.3 is 0 Å². The van der Waals surface area contributed by atoms with E-state index in [-0.39, 0.29) is 18.7 Å². The lowest BCUT2D eigenvalue weighted by molar-refractivity contribution is -0.385. The maximum atomic E-state index is 13.1. The molecule has 0 atom stereocenters. The quantitative estimate of drug-likeness (QED) is 0.463. The fraction of sp³-hybridized carbons (Fsp3) is 0.333. The van der Waals surface area contributed by atoms with E-state index >= 15 is 0 Å². The van der Waals surface area contributed by atoms with Crippen LogP contribution in [0.5, 0.6) is 0 Å². The number of halogens is 1. The number of nitrogens with zero attached hydrogens (tertiary/aromatic N) is 3. The topological polar surface area (TPSA) is 87.2 Å². The van der Waals surface area contributed by atoms with Crippen LogP contribution < -0.4 is 0 Å². The Labute approximate surface area is 109 Å². The number of benzene rings is 1. The van der Waals surface area contributed by atoms with Crippen molar-refractivity contribution in [2.24, 2.45) is 0 Å². The molecule has 6 nitrogen and oxygen atoms in total. The fourth-order valence-electron chi connectivity index (χ4n) is 1.62. The molecule has 100 valence electrons. The number of carbonyl (C=O) groups is 1. The smallest absolute Gasteiger partial charge is 0.282 e. The number of hydrogen-bond acceptors (Lipinski definition) is 4. The van der Waals surface area contributed by atoms with Crippen molar-refractivity contribution in [1.82, 2.24) is 4.90 Å². The summed E-state index contributed by atoms with van der Waals surface area (Å²) in [7, 11) is 0. The molecule has 0 aliphatic rings. The molecule has 0 radical (unpaired) electrons. The highest BCUT2D eigenvalue weighted by Crippen LogP contribution is 2.21. The lowest BCUT2D eigenvalue weighted by atomic mass is 10.1. The molecule has 0 saturated heterocycles. The summed E-state index contributed by atoms with van der Waals surface area (Å²) in [4.78, 5) is 23.3. The van der Waals surface area contributed by atoms with Crippen molar-refractivity contribution < 1.29 is 14.1 Å². The van der Waals surface area contributed by atoms with Gasteiger partial charge in [0.2, 0.25) is 0 Å². The van der Waals surface area contributed by atoms with Gasteiger partial charge in [-0.15, -0.1) is 0 Å². The molecule has 1 aromatic rings. The Morgan fingerprint density at radius 1 is 1.58 bits per heavy atom. The van der Waals surface area contributed by atoms with Gasteiger partial charge < -0.3 is 4.90 Å². The molecule has 0 unspecified atom stereocenters. The summed E-state index contributed by atoms with van der Waals surface area (Å²) in [5.41, 5.74) is -0.806. The van der Waals surface area contributed by atoms with E-state index in [4.69, 9.17) is 5.26 Å². The molecule has 0 aliphatic carbocycles. The van der Waals surface area contributed by atoms with Crippen LogP contribution in [0, 0.1) is 27.3 Å². The number of amides is 1. The summed E-state index contributed by atoms with van der Waals surface area (Å²) in [6.45, 7) is 1.89. The Kier molecular flexibility index (Phi) is 4.94. The van der Waals surface area contributed by atoms with E-state index in [1.54, 1.807) is 6.92 Å². The number of hydrogen-bond donors (Lipinski definition) is 0. The summed E-state index contributed by atoms with van der Waals surface area (Å²) < 4.78 is 13.1. The zero-order valence-electron chi connectivity index (χ0n) is 10.3. The monoisotopic (exact) mass is 265 g/mol. The van der Waals surface area contributed by atoms with Gasteiger partial charge in [-0.25, -0.2) is 4.39 Å². The highest BCUT2D eigenvalue weighted by Gasteiger charge is 2.24. The second kappa shape index (κ2) is 6.44. The van der Waals surface area contributed by atoms with Crippen molar-refractivity contribution in [2.45, 2.75) is 13.3 Å². The van der Waals surface area contributed by atoms with Crippen molar-refractivity contribution in [1.29, 1.82) is 5.26 Å². The van der Waals surface area contributed by atoms with Crippen LogP contribution in [0.4, 0.5) is 10.1 Å². The number of carbonyl (C=O) groups excluding carboxylic acids is 1. The molecule has 0 N–H and O–H groups in total. The van der Waals surface area contributed by atoms with Crippen LogP contribution in [0.15, 0.2) is 18.2 Å². The Hall–Kier alpha value is -2.49. The number of nitro benzene ring substituents is 1. The maximum absolute atomic E-state index is 13.1. The molecular formula is C12H12FN3O3. The van der Waals surface area contributed by atoms with Gasteiger partial charge in [-0.2, -0.15) is 5.26 Å². The highest BCUT2D eigenvalue weighted by molar-refractivity contribution is 5.98. The first kappa shape index (κ1) is 14.6. The highest BCUT2D eigenvalue weighted by atomic mass is 19.1. The molecule has 0 aromatic heterocycles. The van der Waals surface area contributed by atoms with Crippen LogP contribution in [0.1, 0.15) is 23.7 Å². The molecule has 0 bridgehead atoms. The van der Waals surface area contributed by atoms with Gasteiger partial charge in [-0.1, -0.05) is 6.92 Å². The van der Waals surface area contributed by atoms with Gasteiger partial charge in [-0.3, -0.25) is 14.9 Å². The van der Waals surface area contributed by atoms with E-state index in [9.17, 15) is 19.3 Å². The summed E-state index contributed by atoms with van der Waals surface area (Å²) >= 11 is 0. The molecule has 1 amide bonds. The maximum Gasteiger partial charge on any atom is 0.282 e. The van der Waals surface area contributed by atoms with E-state index < -0.39 is 22.3 Å². The first-order valence-electron chi connectivity index (χ1n) is 5.61. The Bertz CT molecular complexity index is 540. The van der Waals surface area contributed by atoms with Crippen molar-refractivity contribution in [3.63, 3.8) is 0 Å². The first-order chi connectivity index (χ1) is 9.01. The van der Waals surface area contributed by atoms with Crippen LogP contribution in [-0.2, 0) is 0 Å². The lowest BCUT2D eigenvalue weighted by Gasteiger charge is -2.18. The average molecular weight is 265 g/mol. The van der Waals surface area contributed by atoms with E-state index in [0.29, 0.717) is 6.42 Å². The number of rotatable bonds is 5. The minimum Gasteiger partial charge on any atom is -0.325 e. The van der Waals surface area contributed by atoms with E-state index in [2.05, 4.69) is 0 Å². The van der Waals surface area contributed by atoms with Crippen molar-refractivity contribution in [3.8, 4) is 6.07 Å². The minimum atomic E-state index is -0.747. The zero-order valence-corrected chi connectivity index (χ0v) is 10.3. The predicted octanol–water partition coefficient (Wildman–Crippen LogP) is 2.11. The first-order valence-corrected chi connectivity index (χ1v) is 5.61. The molecule has 0 heterocycles. The third-order valence-electron chi connectivity index (χ3n) is 2.43. The van der Waals surface area contributed by atoms with Crippen molar-refractivity contribution >= 4 is 11.6 Å². The summed E-state index contributed by atoms with van der Waals surface area (Å²) in [6, 6.07) is 4.49. The Morgan fingerprint density at radius 3 is 2.79 bits per heavy atom. The third-order valence-corrected chi connectivity index (χ3v) is 2.43. The molecule has 1 aromatic carbocycles. The zero-order chi connectivity index (χ0) is 14.4. The number of nitriles is 1. The van der Waals surface area contributed by atoms with Gasteiger partial charge in [0.05, 0.1) is 11.0 Å².